The van der Waals surface area contributed by atoms with Gasteiger partial charge in [0.1, 0.15) is 0 Å². The number of para-hydroxylation sites is 1. The lowest BCUT2D eigenvalue weighted by Gasteiger charge is -2.34. The Morgan fingerprint density at radius 1 is 1.07 bits per heavy atom. The summed E-state index contributed by atoms with van der Waals surface area (Å²) in [5.74, 6) is 0.588. The Balaban J connectivity index is 1.28. The number of nitrogens with one attached hydrogen (secondary N) is 1. The van der Waals surface area contributed by atoms with Crippen LogP contribution in [0.5, 0.6) is 0 Å². The van der Waals surface area contributed by atoms with E-state index in [1.165, 1.54) is 5.69 Å². The van der Waals surface area contributed by atoms with Crippen LogP contribution >= 0.6 is 0 Å². The van der Waals surface area contributed by atoms with Gasteiger partial charge < -0.3 is 24.8 Å². The fourth-order valence-electron chi connectivity index (χ4n) is 4.20. The van der Waals surface area contributed by atoms with Gasteiger partial charge >= 0.3 is 6.03 Å². The Labute approximate surface area is 173 Å². The van der Waals surface area contributed by atoms with Crippen molar-refractivity contribution in [1.82, 2.24) is 15.1 Å². The molecule has 2 aliphatic heterocycles. The number of morpholine rings is 1. The van der Waals surface area contributed by atoms with Crippen LogP contribution in [0.2, 0.25) is 0 Å². The summed E-state index contributed by atoms with van der Waals surface area (Å²) in [5, 5.41) is 3.16. The minimum atomic E-state index is -0.0475. The maximum absolute atomic E-state index is 12.7. The van der Waals surface area contributed by atoms with E-state index in [-0.39, 0.29) is 18.0 Å². The molecule has 158 valence electrons. The zero-order valence-electron chi connectivity index (χ0n) is 17.3. The molecule has 3 fully saturated rings. The fourth-order valence-corrected chi connectivity index (χ4v) is 4.20. The monoisotopic (exact) mass is 400 g/mol. The summed E-state index contributed by atoms with van der Waals surface area (Å²) in [5.41, 5.74) is 2.33. The highest BCUT2D eigenvalue weighted by molar-refractivity contribution is 5.81. The van der Waals surface area contributed by atoms with Crippen LogP contribution < -0.4 is 10.2 Å². The van der Waals surface area contributed by atoms with E-state index in [0.717, 1.165) is 70.6 Å². The molecule has 3 aliphatic rings. The van der Waals surface area contributed by atoms with Crippen LogP contribution in [0.1, 0.15) is 31.2 Å². The van der Waals surface area contributed by atoms with E-state index in [1.54, 1.807) is 4.90 Å². The van der Waals surface area contributed by atoms with Gasteiger partial charge in [0.05, 0.1) is 13.2 Å². The smallest absolute Gasteiger partial charge is 0.317 e. The second kappa shape index (κ2) is 9.03. The van der Waals surface area contributed by atoms with Gasteiger partial charge in [-0.2, -0.15) is 0 Å². The van der Waals surface area contributed by atoms with Crippen LogP contribution in [0.4, 0.5) is 10.5 Å². The van der Waals surface area contributed by atoms with Crippen molar-refractivity contribution in [3.05, 3.63) is 29.8 Å². The Morgan fingerprint density at radius 3 is 2.45 bits per heavy atom. The third kappa shape index (κ3) is 5.01. The number of benzene rings is 1. The Kier molecular flexibility index (Phi) is 6.23. The molecule has 7 heteroatoms. The van der Waals surface area contributed by atoms with Crippen molar-refractivity contribution in [3.63, 3.8) is 0 Å². The average molecular weight is 401 g/mol. The molecule has 1 aliphatic carbocycles. The van der Waals surface area contributed by atoms with E-state index >= 15 is 0 Å². The van der Waals surface area contributed by atoms with Gasteiger partial charge in [0, 0.05) is 57.4 Å². The molecule has 0 spiro atoms. The number of hydrogen-bond acceptors (Lipinski definition) is 4. The predicted octanol–water partition coefficient (Wildman–Crippen LogP) is 2.07. The van der Waals surface area contributed by atoms with E-state index < -0.39 is 0 Å². The Morgan fingerprint density at radius 2 is 1.76 bits per heavy atom. The maximum Gasteiger partial charge on any atom is 0.317 e. The van der Waals surface area contributed by atoms with Crippen molar-refractivity contribution in [2.75, 3.05) is 51.3 Å². The minimum absolute atomic E-state index is 0.0475. The number of nitrogens with zero attached hydrogens (tertiary/aromatic N) is 3. The second-order valence-corrected chi connectivity index (χ2v) is 8.41. The largest absolute Gasteiger partial charge is 0.378 e. The van der Waals surface area contributed by atoms with Crippen molar-refractivity contribution in [1.29, 1.82) is 0 Å². The number of amides is 3. The van der Waals surface area contributed by atoms with Crippen LogP contribution in [0.25, 0.3) is 0 Å². The molecule has 2 saturated heterocycles. The number of rotatable bonds is 5. The lowest BCUT2D eigenvalue weighted by Crippen LogP contribution is -2.49. The van der Waals surface area contributed by atoms with Gasteiger partial charge in [-0.15, -0.1) is 0 Å². The van der Waals surface area contributed by atoms with Crippen LogP contribution in [-0.4, -0.2) is 74.2 Å². The van der Waals surface area contributed by atoms with Crippen molar-refractivity contribution < 1.29 is 14.3 Å². The molecule has 1 aromatic rings. The highest BCUT2D eigenvalue weighted by Gasteiger charge is 2.35. The van der Waals surface area contributed by atoms with Gasteiger partial charge in [-0.3, -0.25) is 4.79 Å². The molecular formula is C22H32N4O3. The Bertz CT molecular complexity index is 723. The number of ether oxygens (including phenoxy) is 1. The van der Waals surface area contributed by atoms with Gasteiger partial charge in [-0.05, 0) is 37.3 Å². The van der Waals surface area contributed by atoms with Gasteiger partial charge in [0.2, 0.25) is 5.91 Å². The van der Waals surface area contributed by atoms with E-state index in [1.807, 2.05) is 24.1 Å². The molecule has 2 heterocycles. The molecule has 4 rings (SSSR count). The summed E-state index contributed by atoms with van der Waals surface area (Å²) < 4.78 is 5.46. The predicted molar refractivity (Wildman–Crippen MR) is 112 cm³/mol. The Hall–Kier alpha value is -2.28. The zero-order chi connectivity index (χ0) is 20.2. The number of carbonyl (C=O) groups excluding carboxylic acids is 2. The van der Waals surface area contributed by atoms with Gasteiger partial charge in [0.25, 0.3) is 0 Å². The van der Waals surface area contributed by atoms with Crippen molar-refractivity contribution in [2.45, 2.75) is 38.3 Å². The number of likely N-dealkylation sites (tertiary alicyclic amines) is 1. The molecule has 0 bridgehead atoms. The second-order valence-electron chi connectivity index (χ2n) is 8.41. The summed E-state index contributed by atoms with van der Waals surface area (Å²) in [6.45, 7) is 5.32. The first-order valence-corrected chi connectivity index (χ1v) is 10.8. The first-order valence-electron chi connectivity index (χ1n) is 10.8. The van der Waals surface area contributed by atoms with E-state index in [2.05, 4.69) is 22.3 Å². The summed E-state index contributed by atoms with van der Waals surface area (Å²) in [6.07, 6.45) is 3.77. The summed E-state index contributed by atoms with van der Waals surface area (Å²) in [7, 11) is 1.84. The topological polar surface area (TPSA) is 65.1 Å². The quantitative estimate of drug-likeness (QED) is 0.822. The highest BCUT2D eigenvalue weighted by atomic mass is 16.5. The molecule has 3 amide bonds. The van der Waals surface area contributed by atoms with Crippen LogP contribution in [0, 0.1) is 5.92 Å². The first-order chi connectivity index (χ1) is 14.1. The molecule has 0 aromatic heterocycles. The lowest BCUT2D eigenvalue weighted by atomic mass is 10.0. The molecule has 0 unspecified atom stereocenters. The van der Waals surface area contributed by atoms with Gasteiger partial charge in [0.15, 0.2) is 0 Å². The standard InChI is InChI=1S/C22H32N4O3/c1-24(16-18-4-2-3-5-20(18)25-12-14-29-15-13-25)22(28)23-19-8-10-26(11-9-19)21(27)17-6-7-17/h2-5,17,19H,6-16H2,1H3,(H,23,28). The molecule has 0 radical (unpaired) electrons. The number of anilines is 1. The average Bonchev–Trinajstić information content (AvgIpc) is 3.60. The molecule has 29 heavy (non-hydrogen) atoms. The van der Waals surface area contributed by atoms with Crippen LogP contribution in [0.15, 0.2) is 24.3 Å². The van der Waals surface area contributed by atoms with Gasteiger partial charge in [-0.1, -0.05) is 18.2 Å². The summed E-state index contributed by atoms with van der Waals surface area (Å²) in [6, 6.07) is 8.38. The molecule has 0 atom stereocenters. The molecule has 7 nitrogen and oxygen atoms in total. The van der Waals surface area contributed by atoms with Crippen LogP contribution in [0.3, 0.4) is 0 Å². The van der Waals surface area contributed by atoms with Crippen molar-refractivity contribution in [2.24, 2.45) is 5.92 Å². The van der Waals surface area contributed by atoms with E-state index in [9.17, 15) is 9.59 Å². The maximum atomic E-state index is 12.7. The lowest BCUT2D eigenvalue weighted by molar-refractivity contribution is -0.133. The van der Waals surface area contributed by atoms with E-state index in [0.29, 0.717) is 12.5 Å². The molecule has 1 saturated carbocycles. The highest BCUT2D eigenvalue weighted by Crippen LogP contribution is 2.32. The normalized spacial score (nSPS) is 20.4. The number of urea groups is 1. The number of piperidine rings is 1. The first kappa shape index (κ1) is 20.0. The molecular weight excluding hydrogens is 368 g/mol. The third-order valence-corrected chi connectivity index (χ3v) is 6.16. The molecule has 1 N–H and O–H groups in total. The number of hydrogen-bond donors (Lipinski definition) is 1. The zero-order valence-corrected chi connectivity index (χ0v) is 17.3. The van der Waals surface area contributed by atoms with Crippen LogP contribution in [-0.2, 0) is 16.1 Å². The third-order valence-electron chi connectivity index (χ3n) is 6.16. The fraction of sp³-hybridized carbons (Fsp3) is 0.636. The van der Waals surface area contributed by atoms with Gasteiger partial charge in [-0.25, -0.2) is 4.79 Å². The molecule has 1 aromatic carbocycles. The minimum Gasteiger partial charge on any atom is -0.378 e. The summed E-state index contributed by atoms with van der Waals surface area (Å²) >= 11 is 0. The summed E-state index contributed by atoms with van der Waals surface area (Å²) in [4.78, 5) is 31.0. The van der Waals surface area contributed by atoms with E-state index in [4.69, 9.17) is 4.74 Å². The number of carbonyl (C=O) groups is 2. The van der Waals surface area contributed by atoms with Crippen molar-refractivity contribution >= 4 is 17.6 Å². The van der Waals surface area contributed by atoms with Crippen molar-refractivity contribution in [3.8, 4) is 0 Å². The SMILES string of the molecule is CN(Cc1ccccc1N1CCOCC1)C(=O)NC1CCN(C(=O)C2CC2)CC1.